The number of carbonyl (C=O) groups excluding carboxylic acids is 1. The Morgan fingerprint density at radius 3 is 2.76 bits per heavy atom. The lowest BCUT2D eigenvalue weighted by Crippen LogP contribution is -2.36. The van der Waals surface area contributed by atoms with E-state index >= 15 is 0 Å². The van der Waals surface area contributed by atoms with Crippen LogP contribution in [0.2, 0.25) is 5.02 Å². The molecule has 2 N–H and O–H groups in total. The first-order valence-electron chi connectivity index (χ1n) is 6.89. The van der Waals surface area contributed by atoms with Crippen LogP contribution in [-0.2, 0) is 11.3 Å². The highest BCUT2D eigenvalue weighted by Crippen LogP contribution is 2.32. The quantitative estimate of drug-likeness (QED) is 0.795. The van der Waals surface area contributed by atoms with E-state index in [1.165, 1.54) is 11.0 Å². The predicted octanol–water partition coefficient (Wildman–Crippen LogP) is 3.62. The minimum absolute atomic E-state index is 0.0263. The summed E-state index contributed by atoms with van der Waals surface area (Å²) >= 11 is 6.04. The van der Waals surface area contributed by atoms with Crippen LogP contribution in [0, 0.1) is 5.82 Å². The Labute approximate surface area is 129 Å². The monoisotopic (exact) mass is 314 g/mol. The number of hydrogen-bond donors (Lipinski definition) is 1. The van der Waals surface area contributed by atoms with Crippen LogP contribution < -0.4 is 5.73 Å². The summed E-state index contributed by atoms with van der Waals surface area (Å²) < 4.78 is 19.0. The van der Waals surface area contributed by atoms with Gasteiger partial charge < -0.3 is 15.4 Å². The normalized spacial score (nSPS) is 19.0. The molecule has 1 aliphatic heterocycles. The third kappa shape index (κ3) is 3.66. The van der Waals surface area contributed by atoms with E-state index in [-0.39, 0.29) is 17.6 Å². The standard InChI is InChI=1S/C15H20ClFN2O2/c1-15(2,3)21-14(20)19-7-6-12(18)9-4-5-11(17)13(16)10(9)8-19/h4-5,12H,6-8,18H2,1-3H3/t12-/m1/s1. The number of ether oxygens (including phenoxy) is 1. The van der Waals surface area contributed by atoms with Gasteiger partial charge in [0.05, 0.1) is 11.6 Å². The van der Waals surface area contributed by atoms with Crippen molar-refractivity contribution in [2.45, 2.75) is 45.4 Å². The molecule has 0 spiro atoms. The van der Waals surface area contributed by atoms with Crippen LogP contribution in [-0.4, -0.2) is 23.1 Å². The molecule has 1 atom stereocenters. The first kappa shape index (κ1) is 16.0. The average molecular weight is 315 g/mol. The molecule has 1 amide bonds. The van der Waals surface area contributed by atoms with Gasteiger partial charge in [-0.15, -0.1) is 0 Å². The SMILES string of the molecule is CC(C)(C)OC(=O)N1CC[C@@H](N)c2ccc(F)c(Cl)c2C1. The van der Waals surface area contributed by atoms with E-state index in [2.05, 4.69) is 0 Å². The Bertz CT molecular complexity index is 557. The van der Waals surface area contributed by atoms with E-state index in [4.69, 9.17) is 22.1 Å². The molecule has 0 fully saturated rings. The summed E-state index contributed by atoms with van der Waals surface area (Å²) in [6.07, 6.45) is 0.136. The fourth-order valence-corrected chi connectivity index (χ4v) is 2.55. The van der Waals surface area contributed by atoms with Crippen molar-refractivity contribution in [2.75, 3.05) is 6.54 Å². The molecule has 2 rings (SSSR count). The highest BCUT2D eigenvalue weighted by molar-refractivity contribution is 6.31. The van der Waals surface area contributed by atoms with E-state index in [1.54, 1.807) is 26.8 Å². The topological polar surface area (TPSA) is 55.6 Å². The van der Waals surface area contributed by atoms with Gasteiger partial charge in [0.2, 0.25) is 0 Å². The zero-order valence-electron chi connectivity index (χ0n) is 12.5. The number of carbonyl (C=O) groups is 1. The second-order valence-electron chi connectivity index (χ2n) is 6.23. The first-order chi connectivity index (χ1) is 9.69. The number of fused-ring (bicyclic) bond motifs is 1. The number of benzene rings is 1. The largest absolute Gasteiger partial charge is 0.444 e. The molecule has 1 aromatic carbocycles. The Morgan fingerprint density at radius 2 is 2.14 bits per heavy atom. The Hall–Kier alpha value is -1.33. The average Bonchev–Trinajstić information content (AvgIpc) is 2.52. The maximum Gasteiger partial charge on any atom is 0.410 e. The van der Waals surface area contributed by atoms with Gasteiger partial charge in [-0.05, 0) is 44.4 Å². The molecule has 6 heteroatoms. The van der Waals surface area contributed by atoms with Gasteiger partial charge >= 0.3 is 6.09 Å². The molecule has 0 aliphatic carbocycles. The molecule has 4 nitrogen and oxygen atoms in total. The van der Waals surface area contributed by atoms with Crippen LogP contribution in [0.4, 0.5) is 9.18 Å². The van der Waals surface area contributed by atoms with Crippen LogP contribution in [0.15, 0.2) is 12.1 Å². The Balaban J connectivity index is 2.30. The smallest absolute Gasteiger partial charge is 0.410 e. The van der Waals surface area contributed by atoms with Crippen LogP contribution in [0.1, 0.15) is 44.4 Å². The summed E-state index contributed by atoms with van der Waals surface area (Å²) in [5.41, 5.74) is 6.86. The molecule has 0 radical (unpaired) electrons. The third-order valence-corrected chi connectivity index (χ3v) is 3.75. The lowest BCUT2D eigenvalue weighted by atomic mass is 10.00. The van der Waals surface area contributed by atoms with Crippen molar-refractivity contribution in [1.82, 2.24) is 4.90 Å². The lowest BCUT2D eigenvalue weighted by Gasteiger charge is -2.26. The molecule has 1 aromatic rings. The van der Waals surface area contributed by atoms with Gasteiger partial charge in [0, 0.05) is 12.6 Å². The molecule has 0 bridgehead atoms. The van der Waals surface area contributed by atoms with Crippen LogP contribution >= 0.6 is 11.6 Å². The highest BCUT2D eigenvalue weighted by atomic mass is 35.5. The zero-order valence-corrected chi connectivity index (χ0v) is 13.2. The van der Waals surface area contributed by atoms with Crippen molar-refractivity contribution in [3.05, 3.63) is 34.1 Å². The zero-order chi connectivity index (χ0) is 15.8. The fraction of sp³-hybridized carbons (Fsp3) is 0.533. The van der Waals surface area contributed by atoms with Crippen molar-refractivity contribution >= 4 is 17.7 Å². The number of hydrogen-bond acceptors (Lipinski definition) is 3. The van der Waals surface area contributed by atoms with Crippen molar-refractivity contribution in [3.63, 3.8) is 0 Å². The Kier molecular flexibility index (Phi) is 4.44. The molecule has 21 heavy (non-hydrogen) atoms. The van der Waals surface area contributed by atoms with Gasteiger partial charge in [0.25, 0.3) is 0 Å². The van der Waals surface area contributed by atoms with Crippen molar-refractivity contribution < 1.29 is 13.9 Å². The van der Waals surface area contributed by atoms with Gasteiger partial charge in [-0.3, -0.25) is 0 Å². The van der Waals surface area contributed by atoms with Gasteiger partial charge in [-0.1, -0.05) is 17.7 Å². The van der Waals surface area contributed by atoms with Gasteiger partial charge in [0.1, 0.15) is 11.4 Å². The number of nitrogens with zero attached hydrogens (tertiary/aromatic N) is 1. The molecule has 0 saturated carbocycles. The molecule has 0 aromatic heterocycles. The lowest BCUT2D eigenvalue weighted by molar-refractivity contribution is 0.0235. The van der Waals surface area contributed by atoms with Gasteiger partial charge in [0.15, 0.2) is 0 Å². The Morgan fingerprint density at radius 1 is 1.48 bits per heavy atom. The minimum Gasteiger partial charge on any atom is -0.444 e. The summed E-state index contributed by atoms with van der Waals surface area (Å²) in [6.45, 7) is 6.05. The van der Waals surface area contributed by atoms with E-state index in [0.29, 0.717) is 18.5 Å². The van der Waals surface area contributed by atoms with E-state index in [0.717, 1.165) is 5.56 Å². The maximum absolute atomic E-state index is 13.7. The van der Waals surface area contributed by atoms with E-state index in [1.807, 2.05) is 0 Å². The predicted molar refractivity (Wildman–Crippen MR) is 79.6 cm³/mol. The van der Waals surface area contributed by atoms with Crippen LogP contribution in [0.3, 0.4) is 0 Å². The molecular formula is C15H20ClFN2O2. The van der Waals surface area contributed by atoms with Gasteiger partial charge in [-0.2, -0.15) is 0 Å². The minimum atomic E-state index is -0.583. The summed E-state index contributed by atoms with van der Waals surface area (Å²) in [5.74, 6) is -0.506. The molecular weight excluding hydrogens is 295 g/mol. The second-order valence-corrected chi connectivity index (χ2v) is 6.60. The second kappa shape index (κ2) is 5.81. The summed E-state index contributed by atoms with van der Waals surface area (Å²) in [6, 6.07) is 2.68. The van der Waals surface area contributed by atoms with Crippen LogP contribution in [0.25, 0.3) is 0 Å². The molecule has 116 valence electrons. The van der Waals surface area contributed by atoms with Crippen molar-refractivity contribution in [3.8, 4) is 0 Å². The molecule has 0 unspecified atom stereocenters. The molecule has 0 saturated heterocycles. The first-order valence-corrected chi connectivity index (χ1v) is 7.27. The summed E-state index contributed by atoms with van der Waals surface area (Å²) in [7, 11) is 0. The van der Waals surface area contributed by atoms with Crippen LogP contribution in [0.5, 0.6) is 0 Å². The van der Waals surface area contributed by atoms with E-state index < -0.39 is 17.5 Å². The fourth-order valence-electron chi connectivity index (χ4n) is 2.32. The number of amides is 1. The molecule has 1 aliphatic rings. The third-order valence-electron chi connectivity index (χ3n) is 3.34. The summed E-state index contributed by atoms with van der Waals surface area (Å²) in [5, 5.41) is 0.0263. The molecule has 1 heterocycles. The van der Waals surface area contributed by atoms with Crippen molar-refractivity contribution in [2.24, 2.45) is 5.73 Å². The number of rotatable bonds is 0. The summed E-state index contributed by atoms with van der Waals surface area (Å²) in [4.78, 5) is 13.7. The number of halogens is 2. The van der Waals surface area contributed by atoms with Crippen molar-refractivity contribution in [1.29, 1.82) is 0 Å². The van der Waals surface area contributed by atoms with Gasteiger partial charge in [-0.25, -0.2) is 9.18 Å². The highest BCUT2D eigenvalue weighted by Gasteiger charge is 2.28. The maximum atomic E-state index is 13.7. The number of nitrogens with two attached hydrogens (primary N) is 1. The van der Waals surface area contributed by atoms with E-state index in [9.17, 15) is 9.18 Å².